The lowest BCUT2D eigenvalue weighted by Gasteiger charge is -1.98. The maximum absolute atomic E-state index is 12.0. The van der Waals surface area contributed by atoms with Crippen LogP contribution in [0.4, 0.5) is 0 Å². The molecule has 0 atom stereocenters. The quantitative estimate of drug-likeness (QED) is 0.508. The van der Waals surface area contributed by atoms with E-state index >= 15 is 0 Å². The Kier molecular flexibility index (Phi) is 5.15. The van der Waals surface area contributed by atoms with E-state index < -0.39 is 0 Å². The third-order valence-corrected chi connectivity index (χ3v) is 5.40. The van der Waals surface area contributed by atoms with Crippen LogP contribution >= 0.6 is 34.7 Å². The van der Waals surface area contributed by atoms with Crippen LogP contribution in [0.15, 0.2) is 41.6 Å². The van der Waals surface area contributed by atoms with Crippen LogP contribution in [0.5, 0.6) is 0 Å². The first-order valence-electron chi connectivity index (χ1n) is 7.08. The predicted octanol–water partition coefficient (Wildman–Crippen LogP) is 4.72. The highest BCUT2D eigenvalue weighted by molar-refractivity contribution is 7.99. The number of Topliss-reactive ketones (excluding diaryl/α,β-unsaturated/α-hetero) is 1. The Morgan fingerprint density at radius 3 is 2.70 bits per heavy atom. The fourth-order valence-electron chi connectivity index (χ4n) is 2.00. The highest BCUT2D eigenvalue weighted by Crippen LogP contribution is 2.25. The van der Waals surface area contributed by atoms with Gasteiger partial charge in [-0.25, -0.2) is 4.98 Å². The summed E-state index contributed by atoms with van der Waals surface area (Å²) in [6, 6.07) is 11.7. The van der Waals surface area contributed by atoms with Gasteiger partial charge in [0, 0.05) is 5.56 Å². The average Bonchev–Trinajstić information content (AvgIpc) is 3.22. The Labute approximate surface area is 147 Å². The first-order chi connectivity index (χ1) is 11.2. The summed E-state index contributed by atoms with van der Waals surface area (Å²) in [6.45, 7) is 2.12. The van der Waals surface area contributed by atoms with Gasteiger partial charge in [0.25, 0.3) is 0 Å². The number of aromatic amines is 1. The fourth-order valence-corrected chi connectivity index (χ4v) is 3.76. The van der Waals surface area contributed by atoms with E-state index in [-0.39, 0.29) is 5.78 Å². The van der Waals surface area contributed by atoms with Gasteiger partial charge in [-0.1, -0.05) is 54.6 Å². The van der Waals surface area contributed by atoms with Crippen molar-refractivity contribution >= 4 is 40.5 Å². The molecule has 1 aromatic carbocycles. The summed E-state index contributed by atoms with van der Waals surface area (Å²) in [5.41, 5.74) is 2.26. The molecule has 0 unspecified atom stereocenters. The van der Waals surface area contributed by atoms with Crippen LogP contribution in [0.3, 0.4) is 0 Å². The second-order valence-corrected chi connectivity index (χ2v) is 7.49. The number of thioether (sulfide) groups is 1. The summed E-state index contributed by atoms with van der Waals surface area (Å²) in [5, 5.41) is 7.64. The largest absolute Gasteiger partial charge is 0.292 e. The molecule has 0 radical (unpaired) electrons. The number of aromatic nitrogens is 3. The maximum atomic E-state index is 12.0. The molecule has 23 heavy (non-hydrogen) atoms. The zero-order valence-electron chi connectivity index (χ0n) is 12.4. The van der Waals surface area contributed by atoms with Crippen molar-refractivity contribution < 1.29 is 4.79 Å². The van der Waals surface area contributed by atoms with E-state index in [2.05, 4.69) is 34.2 Å². The topological polar surface area (TPSA) is 58.6 Å². The number of ketones is 1. The van der Waals surface area contributed by atoms with Crippen LogP contribution in [0, 0.1) is 0 Å². The van der Waals surface area contributed by atoms with E-state index in [0.717, 1.165) is 12.0 Å². The van der Waals surface area contributed by atoms with Crippen LogP contribution in [-0.2, 0) is 6.42 Å². The zero-order valence-corrected chi connectivity index (χ0v) is 14.8. The van der Waals surface area contributed by atoms with E-state index in [4.69, 9.17) is 11.6 Å². The Hall–Kier alpha value is -1.63. The lowest BCUT2D eigenvalue weighted by molar-refractivity contribution is 0.102. The smallest absolute Gasteiger partial charge is 0.209 e. The van der Waals surface area contributed by atoms with Gasteiger partial charge < -0.3 is 0 Å². The van der Waals surface area contributed by atoms with E-state index in [0.29, 0.717) is 25.9 Å². The van der Waals surface area contributed by atoms with Gasteiger partial charge >= 0.3 is 0 Å². The van der Waals surface area contributed by atoms with Crippen molar-refractivity contribution in [2.24, 2.45) is 0 Å². The van der Waals surface area contributed by atoms with Gasteiger partial charge in [-0.2, -0.15) is 0 Å². The van der Waals surface area contributed by atoms with Gasteiger partial charge in [0.2, 0.25) is 5.16 Å². The summed E-state index contributed by atoms with van der Waals surface area (Å²) in [5.74, 6) is 1.04. The Morgan fingerprint density at radius 2 is 2.04 bits per heavy atom. The Balaban J connectivity index is 1.63. The lowest BCUT2D eigenvalue weighted by atomic mass is 10.1. The number of nitrogens with one attached hydrogen (secondary N) is 1. The van der Waals surface area contributed by atoms with Gasteiger partial charge in [-0.15, -0.1) is 16.4 Å². The molecule has 118 valence electrons. The van der Waals surface area contributed by atoms with E-state index in [1.54, 1.807) is 12.1 Å². The van der Waals surface area contributed by atoms with E-state index in [1.807, 2.05) is 12.1 Å². The molecule has 0 saturated carbocycles. The summed E-state index contributed by atoms with van der Waals surface area (Å²) in [4.78, 5) is 17.1. The summed E-state index contributed by atoms with van der Waals surface area (Å²) >= 11 is 8.45. The molecular weight excluding hydrogens is 350 g/mol. The molecule has 0 fully saturated rings. The number of hydrogen-bond acceptors (Lipinski definition) is 5. The van der Waals surface area contributed by atoms with Crippen LogP contribution in [-0.4, -0.2) is 26.7 Å². The molecule has 0 bridgehead atoms. The summed E-state index contributed by atoms with van der Waals surface area (Å²) in [7, 11) is 0. The van der Waals surface area contributed by atoms with Crippen molar-refractivity contribution in [1.82, 2.24) is 15.2 Å². The van der Waals surface area contributed by atoms with Crippen molar-refractivity contribution in [2.45, 2.75) is 18.5 Å². The van der Waals surface area contributed by atoms with E-state index in [1.165, 1.54) is 28.7 Å². The number of aryl methyl sites for hydroxylation is 1. The normalized spacial score (nSPS) is 10.9. The number of thiophene rings is 1. The number of halogens is 1. The average molecular weight is 364 g/mol. The summed E-state index contributed by atoms with van der Waals surface area (Å²) in [6.07, 6.45) is 1.01. The monoisotopic (exact) mass is 363 g/mol. The van der Waals surface area contributed by atoms with Gasteiger partial charge in [0.05, 0.1) is 15.0 Å². The van der Waals surface area contributed by atoms with Crippen LogP contribution in [0.25, 0.3) is 11.4 Å². The number of carbonyl (C=O) groups excluding carboxylic acids is 1. The maximum Gasteiger partial charge on any atom is 0.209 e. The molecule has 3 aromatic rings. The number of benzene rings is 1. The molecule has 0 spiro atoms. The predicted molar refractivity (Wildman–Crippen MR) is 95.6 cm³/mol. The minimum atomic E-state index is 0.0329. The number of rotatable bonds is 6. The molecule has 4 nitrogen and oxygen atoms in total. The molecule has 1 N–H and O–H groups in total. The lowest BCUT2D eigenvalue weighted by Crippen LogP contribution is -1.99. The molecular formula is C16H14ClN3OS2. The van der Waals surface area contributed by atoms with Crippen LogP contribution in [0.2, 0.25) is 4.34 Å². The molecule has 2 heterocycles. The van der Waals surface area contributed by atoms with Crippen LogP contribution in [0.1, 0.15) is 22.2 Å². The molecule has 0 amide bonds. The summed E-state index contributed by atoms with van der Waals surface area (Å²) < 4.78 is 0.619. The van der Waals surface area contributed by atoms with Gasteiger partial charge in [0.1, 0.15) is 0 Å². The van der Waals surface area contributed by atoms with Gasteiger partial charge in [-0.3, -0.25) is 9.89 Å². The number of carbonyl (C=O) groups is 1. The third kappa shape index (κ3) is 4.02. The number of H-pyrrole nitrogens is 1. The Morgan fingerprint density at radius 1 is 1.26 bits per heavy atom. The minimum Gasteiger partial charge on any atom is -0.292 e. The van der Waals surface area contributed by atoms with Crippen LogP contribution < -0.4 is 0 Å². The molecule has 0 aliphatic heterocycles. The molecule has 0 saturated heterocycles. The molecule has 3 rings (SSSR count). The standard InChI is InChI=1S/C16H14ClN3OS2/c1-2-10-3-5-11(6-4-10)15-18-16(20-19-15)22-9-12(21)13-7-8-14(17)23-13/h3-8H,2,9H2,1H3,(H,18,19,20). The SMILES string of the molecule is CCc1ccc(-c2nc(SCC(=O)c3ccc(Cl)s3)n[nH]2)cc1. The van der Waals surface area contributed by atoms with Gasteiger partial charge in [-0.05, 0) is 24.1 Å². The second-order valence-electron chi connectivity index (χ2n) is 4.83. The molecule has 0 aliphatic rings. The first-order valence-corrected chi connectivity index (χ1v) is 9.26. The molecule has 7 heteroatoms. The van der Waals surface area contributed by atoms with Gasteiger partial charge in [0.15, 0.2) is 11.6 Å². The number of nitrogens with zero attached hydrogens (tertiary/aromatic N) is 2. The second kappa shape index (κ2) is 7.29. The zero-order chi connectivity index (χ0) is 16.2. The van der Waals surface area contributed by atoms with Crippen molar-refractivity contribution in [3.8, 4) is 11.4 Å². The molecule has 2 aromatic heterocycles. The fraction of sp³-hybridized carbons (Fsp3) is 0.188. The highest BCUT2D eigenvalue weighted by atomic mass is 35.5. The Bertz CT molecular complexity index is 811. The number of hydrogen-bond donors (Lipinski definition) is 1. The highest BCUT2D eigenvalue weighted by Gasteiger charge is 2.12. The van der Waals surface area contributed by atoms with Crippen molar-refractivity contribution in [2.75, 3.05) is 5.75 Å². The van der Waals surface area contributed by atoms with Crippen molar-refractivity contribution in [3.05, 3.63) is 51.2 Å². The third-order valence-electron chi connectivity index (χ3n) is 3.28. The van der Waals surface area contributed by atoms with Crippen molar-refractivity contribution in [1.29, 1.82) is 0 Å². The van der Waals surface area contributed by atoms with E-state index in [9.17, 15) is 4.79 Å². The molecule has 0 aliphatic carbocycles. The first kappa shape index (κ1) is 16.2. The van der Waals surface area contributed by atoms with Crippen molar-refractivity contribution in [3.63, 3.8) is 0 Å². The minimum absolute atomic E-state index is 0.0329.